The number of aryl methyl sites for hydroxylation is 1. The van der Waals surface area contributed by atoms with E-state index in [0.29, 0.717) is 25.5 Å². The number of hydrogen-bond acceptors (Lipinski definition) is 8. The topological polar surface area (TPSA) is 124 Å². The van der Waals surface area contributed by atoms with Gasteiger partial charge in [0.05, 0.1) is 25.4 Å². The van der Waals surface area contributed by atoms with E-state index in [1.165, 1.54) is 34.4 Å². The summed E-state index contributed by atoms with van der Waals surface area (Å²) in [4.78, 5) is 28.9. The molecule has 44 heavy (non-hydrogen) atoms. The van der Waals surface area contributed by atoms with E-state index in [1.807, 2.05) is 20.0 Å². The zero-order chi connectivity index (χ0) is 31.3. The van der Waals surface area contributed by atoms with Crippen LogP contribution in [-0.4, -0.2) is 94.2 Å². The predicted octanol–water partition coefficient (Wildman–Crippen LogP) is 3.95. The number of amides is 1. The van der Waals surface area contributed by atoms with E-state index in [-0.39, 0.29) is 57.6 Å². The van der Waals surface area contributed by atoms with Crippen molar-refractivity contribution in [3.63, 3.8) is 0 Å². The number of nitrogens with two attached hydrogens (primary N) is 1. The normalized spacial score (nSPS) is 17.6. The van der Waals surface area contributed by atoms with Gasteiger partial charge in [-0.15, -0.1) is 0 Å². The average molecular weight is 634 g/mol. The maximum absolute atomic E-state index is 13.7. The van der Waals surface area contributed by atoms with Crippen molar-refractivity contribution in [1.29, 1.82) is 0 Å². The van der Waals surface area contributed by atoms with Gasteiger partial charge in [0, 0.05) is 66.5 Å². The summed E-state index contributed by atoms with van der Waals surface area (Å²) >= 11 is 0. The average Bonchev–Trinajstić information content (AvgIpc) is 3.53. The van der Waals surface area contributed by atoms with Crippen molar-refractivity contribution in [3.05, 3.63) is 52.9 Å². The Kier molecular flexibility index (Phi) is 12.0. The highest BCUT2D eigenvalue weighted by Gasteiger charge is 2.43. The van der Waals surface area contributed by atoms with Crippen LogP contribution >= 0.6 is 13.5 Å². The van der Waals surface area contributed by atoms with Crippen molar-refractivity contribution in [1.82, 2.24) is 24.8 Å². The van der Waals surface area contributed by atoms with Crippen LogP contribution < -0.4 is 15.4 Å². The summed E-state index contributed by atoms with van der Waals surface area (Å²) in [7, 11) is 1.68. The zero-order valence-corrected chi connectivity index (χ0v) is 27.2. The summed E-state index contributed by atoms with van der Waals surface area (Å²) in [6.45, 7) is 10.7. The highest BCUT2D eigenvalue weighted by Crippen LogP contribution is 2.36. The molecule has 1 saturated heterocycles. The third-order valence-corrected chi connectivity index (χ3v) is 8.22. The van der Waals surface area contributed by atoms with Gasteiger partial charge in [-0.3, -0.25) is 9.69 Å². The summed E-state index contributed by atoms with van der Waals surface area (Å²) in [5.41, 5.74) is 12.8. The first-order valence-corrected chi connectivity index (χ1v) is 14.7. The quantitative estimate of drug-likeness (QED) is 0.319. The predicted molar refractivity (Wildman–Crippen MR) is 175 cm³/mol. The fourth-order valence-corrected chi connectivity index (χ4v) is 5.73. The Morgan fingerprint density at radius 1 is 1.30 bits per heavy atom. The van der Waals surface area contributed by atoms with Crippen LogP contribution in [0.15, 0.2) is 30.5 Å². The van der Waals surface area contributed by atoms with Crippen molar-refractivity contribution in [2.45, 2.75) is 59.0 Å². The SMILES string of the molecule is CCN(CC)C(=O)/C=C/CO.Cc1cc2[nH]ccc2c(N2CCc3c(N)nc(OC[C@@H]4CC(F)(F)CN4C)nc3C2)c1C.S. The van der Waals surface area contributed by atoms with Crippen LogP contribution in [0.2, 0.25) is 0 Å². The van der Waals surface area contributed by atoms with Crippen molar-refractivity contribution in [3.8, 4) is 6.01 Å². The van der Waals surface area contributed by atoms with Crippen LogP contribution in [0, 0.1) is 13.8 Å². The number of aliphatic hydroxyl groups is 1. The molecule has 13 heteroatoms. The number of carbonyl (C=O) groups excluding carboxylic acids is 1. The lowest BCUT2D eigenvalue weighted by Crippen LogP contribution is -2.33. The van der Waals surface area contributed by atoms with Gasteiger partial charge in [-0.1, -0.05) is 6.08 Å². The molecule has 2 aromatic heterocycles. The Hall–Kier alpha value is -3.42. The number of likely N-dealkylation sites (N-methyl/N-ethyl adjacent to an activating group) is 2. The number of carbonyl (C=O) groups is 1. The Morgan fingerprint density at radius 2 is 2.02 bits per heavy atom. The van der Waals surface area contributed by atoms with E-state index >= 15 is 0 Å². The second-order valence-corrected chi connectivity index (χ2v) is 11.1. The maximum Gasteiger partial charge on any atom is 0.318 e. The first-order chi connectivity index (χ1) is 20.5. The number of halogens is 2. The van der Waals surface area contributed by atoms with Crippen LogP contribution in [0.1, 0.15) is 42.7 Å². The number of H-pyrrole nitrogens is 1. The van der Waals surface area contributed by atoms with Gasteiger partial charge in [-0.05, 0) is 64.4 Å². The maximum atomic E-state index is 13.7. The summed E-state index contributed by atoms with van der Waals surface area (Å²) in [6.07, 6.45) is 5.31. The lowest BCUT2D eigenvalue weighted by Gasteiger charge is -2.32. The number of nitrogens with one attached hydrogen (secondary N) is 1. The zero-order valence-electron chi connectivity index (χ0n) is 26.2. The third kappa shape index (κ3) is 7.99. The molecule has 0 spiro atoms. The van der Waals surface area contributed by atoms with Gasteiger partial charge in [0.15, 0.2) is 0 Å². The van der Waals surface area contributed by atoms with Crippen molar-refractivity contribution in [2.24, 2.45) is 0 Å². The molecule has 0 saturated carbocycles. The largest absolute Gasteiger partial charge is 0.462 e. The number of benzene rings is 1. The number of aliphatic hydroxyl groups excluding tert-OH is 1. The summed E-state index contributed by atoms with van der Waals surface area (Å²) in [5, 5.41) is 9.57. The van der Waals surface area contributed by atoms with E-state index in [1.54, 1.807) is 16.8 Å². The molecule has 2 aliphatic heterocycles. The minimum atomic E-state index is -2.69. The van der Waals surface area contributed by atoms with Gasteiger partial charge in [0.1, 0.15) is 12.4 Å². The van der Waals surface area contributed by atoms with Crippen LogP contribution in [0.4, 0.5) is 20.3 Å². The lowest BCUT2D eigenvalue weighted by molar-refractivity contribution is -0.125. The molecule has 0 unspecified atom stereocenters. The molecular formula is C31H45F2N7O3S. The third-order valence-electron chi connectivity index (χ3n) is 8.22. The van der Waals surface area contributed by atoms with Crippen LogP contribution in [0.3, 0.4) is 0 Å². The van der Waals surface area contributed by atoms with Gasteiger partial charge < -0.3 is 30.4 Å². The molecule has 10 nitrogen and oxygen atoms in total. The standard InChI is InChI=1S/C23H28F2N6O.C8H15NO2.H2S/c1-13-8-18-16(4-6-27-18)20(14(13)2)31-7-5-17-19(10-31)28-22(29-21(17)26)32-11-15-9-23(24,25)12-30(15)3;1-3-9(4-2)8(11)6-5-7-10;/h4,6,8,15,27H,5,7,9-12H2,1-3H3,(H2,26,28,29);5-6,10H,3-4,7H2,1-2H3;1H2/b;6-5+;/t15-;;/m0../s1. The Morgan fingerprint density at radius 3 is 2.66 bits per heavy atom. The minimum absolute atomic E-state index is 0. The first-order valence-electron chi connectivity index (χ1n) is 14.7. The van der Waals surface area contributed by atoms with Gasteiger partial charge in [0.2, 0.25) is 5.91 Å². The summed E-state index contributed by atoms with van der Waals surface area (Å²) in [6, 6.07) is 4.05. The number of aromatic nitrogens is 3. The number of nitrogen functional groups attached to an aromatic ring is 1. The molecule has 1 fully saturated rings. The van der Waals surface area contributed by atoms with Crippen molar-refractivity contribution < 1.29 is 23.4 Å². The molecule has 0 aliphatic carbocycles. The first kappa shape index (κ1) is 35.1. The van der Waals surface area contributed by atoms with Crippen LogP contribution in [0.25, 0.3) is 10.9 Å². The molecule has 2 aliphatic rings. The Labute approximate surface area is 264 Å². The highest BCUT2D eigenvalue weighted by atomic mass is 32.1. The Balaban J connectivity index is 0.000000380. The second kappa shape index (κ2) is 15.0. The molecule has 1 amide bonds. The Bertz CT molecular complexity index is 1460. The summed E-state index contributed by atoms with van der Waals surface area (Å²) < 4.78 is 33.1. The highest BCUT2D eigenvalue weighted by molar-refractivity contribution is 7.59. The molecule has 4 N–H and O–H groups in total. The number of hydrogen-bond donors (Lipinski definition) is 3. The fourth-order valence-electron chi connectivity index (χ4n) is 5.73. The van der Waals surface area contributed by atoms with E-state index in [0.717, 1.165) is 29.7 Å². The molecule has 1 atom stereocenters. The number of alkyl halides is 2. The number of anilines is 2. The monoisotopic (exact) mass is 633 g/mol. The molecule has 1 aromatic carbocycles. The fraction of sp³-hybridized carbons (Fsp3) is 0.516. The van der Waals surface area contributed by atoms with Gasteiger partial charge in [-0.2, -0.15) is 23.5 Å². The molecule has 5 rings (SSSR count). The van der Waals surface area contributed by atoms with Crippen molar-refractivity contribution >= 4 is 41.8 Å². The van der Waals surface area contributed by atoms with E-state index in [2.05, 4.69) is 45.8 Å². The number of rotatable bonds is 8. The van der Waals surface area contributed by atoms with E-state index in [4.69, 9.17) is 15.6 Å². The van der Waals surface area contributed by atoms with Gasteiger partial charge in [-0.25, -0.2) is 8.78 Å². The number of fused-ring (bicyclic) bond motifs is 2. The molecule has 4 heterocycles. The van der Waals surface area contributed by atoms with Crippen LogP contribution in [-0.2, 0) is 17.8 Å². The number of likely N-dealkylation sites (tertiary alicyclic amines) is 1. The van der Waals surface area contributed by atoms with E-state index < -0.39 is 5.92 Å². The van der Waals surface area contributed by atoms with Gasteiger partial charge >= 0.3 is 6.01 Å². The van der Waals surface area contributed by atoms with Crippen LogP contribution in [0.5, 0.6) is 6.01 Å². The molecule has 3 aromatic rings. The lowest BCUT2D eigenvalue weighted by atomic mass is 9.99. The molecule has 242 valence electrons. The second-order valence-electron chi connectivity index (χ2n) is 11.1. The molecule has 0 radical (unpaired) electrons. The van der Waals surface area contributed by atoms with Gasteiger partial charge in [0.25, 0.3) is 5.92 Å². The summed E-state index contributed by atoms with van der Waals surface area (Å²) in [5.74, 6) is -2.32. The van der Waals surface area contributed by atoms with E-state index in [9.17, 15) is 13.6 Å². The number of aromatic amines is 1. The number of ether oxygens (including phenoxy) is 1. The van der Waals surface area contributed by atoms with Crippen molar-refractivity contribution in [2.75, 3.05) is 57.1 Å². The minimum Gasteiger partial charge on any atom is -0.462 e. The molecule has 0 bridgehead atoms. The number of nitrogens with zero attached hydrogens (tertiary/aromatic N) is 5. The molecular weight excluding hydrogens is 588 g/mol. The smallest absolute Gasteiger partial charge is 0.318 e.